The lowest BCUT2D eigenvalue weighted by Gasteiger charge is -2.24. The fraction of sp³-hybridized carbons (Fsp3) is 0.353. The van der Waals surface area contributed by atoms with Crippen LogP contribution >= 0.6 is 0 Å². The molecule has 0 bridgehead atoms. The summed E-state index contributed by atoms with van der Waals surface area (Å²) in [6.07, 6.45) is 1.53. The Kier molecular flexibility index (Phi) is 3.70. The number of hydrogen-bond donors (Lipinski definition) is 1. The largest absolute Gasteiger partial charge is 0.341 e. The highest BCUT2D eigenvalue weighted by molar-refractivity contribution is 5.90. The molecule has 0 radical (unpaired) electrons. The van der Waals surface area contributed by atoms with E-state index in [0.29, 0.717) is 12.5 Å². The minimum absolute atomic E-state index is 0.204. The van der Waals surface area contributed by atoms with Gasteiger partial charge in [0.05, 0.1) is 6.42 Å². The third kappa shape index (κ3) is 2.54. The quantitative estimate of drug-likeness (QED) is 0.925. The van der Waals surface area contributed by atoms with Crippen molar-refractivity contribution >= 4 is 16.7 Å². The van der Waals surface area contributed by atoms with Crippen molar-refractivity contribution in [3.63, 3.8) is 0 Å². The van der Waals surface area contributed by atoms with Gasteiger partial charge in [0.1, 0.15) is 0 Å². The third-order valence-corrected chi connectivity index (χ3v) is 4.20. The Balaban J connectivity index is 1.80. The second-order valence-corrected chi connectivity index (χ2v) is 5.47. The van der Waals surface area contributed by atoms with Crippen LogP contribution in [0.4, 0.5) is 0 Å². The summed E-state index contributed by atoms with van der Waals surface area (Å²) in [4.78, 5) is 14.3. The lowest BCUT2D eigenvalue weighted by atomic mass is 10.0. The van der Waals surface area contributed by atoms with Crippen molar-refractivity contribution in [2.45, 2.75) is 18.9 Å². The molecule has 1 saturated heterocycles. The van der Waals surface area contributed by atoms with Gasteiger partial charge in [-0.05, 0) is 29.3 Å². The first-order valence-corrected chi connectivity index (χ1v) is 7.19. The van der Waals surface area contributed by atoms with E-state index >= 15 is 0 Å². The molecule has 1 heterocycles. The number of carbonyl (C=O) groups is 1. The number of benzene rings is 2. The normalized spacial score (nSPS) is 18.4. The summed E-state index contributed by atoms with van der Waals surface area (Å²) < 4.78 is 0. The van der Waals surface area contributed by atoms with Gasteiger partial charge in [-0.25, -0.2) is 0 Å². The summed E-state index contributed by atoms with van der Waals surface area (Å²) >= 11 is 0. The molecular formula is C17H20N2O. The van der Waals surface area contributed by atoms with Gasteiger partial charge in [-0.3, -0.25) is 4.79 Å². The summed E-state index contributed by atoms with van der Waals surface area (Å²) in [5.41, 5.74) is 1.12. The maximum atomic E-state index is 12.4. The van der Waals surface area contributed by atoms with Crippen LogP contribution in [0.5, 0.6) is 0 Å². The highest BCUT2D eigenvalue weighted by Crippen LogP contribution is 2.20. The summed E-state index contributed by atoms with van der Waals surface area (Å²) in [6, 6.07) is 14.8. The van der Waals surface area contributed by atoms with Crippen molar-refractivity contribution in [2.24, 2.45) is 0 Å². The molecule has 3 nitrogen and oxygen atoms in total. The SMILES string of the molecule is CN(C(=O)Cc1cccc2ccccc12)C1CCNC1. The van der Waals surface area contributed by atoms with E-state index in [0.717, 1.165) is 25.1 Å². The van der Waals surface area contributed by atoms with Gasteiger partial charge >= 0.3 is 0 Å². The molecule has 104 valence electrons. The van der Waals surface area contributed by atoms with Crippen LogP contribution in [0.25, 0.3) is 10.8 Å². The number of nitrogens with one attached hydrogen (secondary N) is 1. The zero-order valence-corrected chi connectivity index (χ0v) is 11.8. The second-order valence-electron chi connectivity index (χ2n) is 5.47. The van der Waals surface area contributed by atoms with Gasteiger partial charge in [-0.15, -0.1) is 0 Å². The monoisotopic (exact) mass is 268 g/mol. The predicted octanol–water partition coefficient (Wildman–Crippen LogP) is 2.20. The van der Waals surface area contributed by atoms with E-state index in [1.54, 1.807) is 0 Å². The highest BCUT2D eigenvalue weighted by atomic mass is 16.2. The van der Waals surface area contributed by atoms with E-state index < -0.39 is 0 Å². The van der Waals surface area contributed by atoms with Crippen LogP contribution in [-0.4, -0.2) is 37.0 Å². The fourth-order valence-corrected chi connectivity index (χ4v) is 2.91. The molecule has 0 spiro atoms. The zero-order chi connectivity index (χ0) is 13.9. The number of likely N-dealkylation sites (N-methyl/N-ethyl adjacent to an activating group) is 1. The Morgan fingerprint density at radius 2 is 2.05 bits per heavy atom. The second kappa shape index (κ2) is 5.63. The molecular weight excluding hydrogens is 248 g/mol. The van der Waals surface area contributed by atoms with Gasteiger partial charge in [0, 0.05) is 19.6 Å². The lowest BCUT2D eigenvalue weighted by molar-refractivity contribution is -0.130. The molecule has 1 fully saturated rings. The van der Waals surface area contributed by atoms with Gasteiger partial charge in [0.15, 0.2) is 0 Å². The summed E-state index contributed by atoms with van der Waals surface area (Å²) in [5.74, 6) is 0.204. The van der Waals surface area contributed by atoms with Crippen molar-refractivity contribution in [1.29, 1.82) is 0 Å². The Hall–Kier alpha value is -1.87. The van der Waals surface area contributed by atoms with E-state index in [-0.39, 0.29) is 5.91 Å². The average molecular weight is 268 g/mol. The van der Waals surface area contributed by atoms with Crippen molar-refractivity contribution in [3.8, 4) is 0 Å². The Morgan fingerprint density at radius 3 is 2.85 bits per heavy atom. The van der Waals surface area contributed by atoms with E-state index in [9.17, 15) is 4.79 Å². The van der Waals surface area contributed by atoms with Gasteiger partial charge in [-0.1, -0.05) is 42.5 Å². The minimum Gasteiger partial charge on any atom is -0.341 e. The molecule has 1 aliphatic heterocycles. The Morgan fingerprint density at radius 1 is 1.25 bits per heavy atom. The lowest BCUT2D eigenvalue weighted by Crippen LogP contribution is -2.39. The number of nitrogens with zero attached hydrogens (tertiary/aromatic N) is 1. The summed E-state index contributed by atoms with van der Waals surface area (Å²) in [6.45, 7) is 1.92. The predicted molar refractivity (Wildman–Crippen MR) is 81.7 cm³/mol. The van der Waals surface area contributed by atoms with Crippen molar-refractivity contribution in [1.82, 2.24) is 10.2 Å². The molecule has 3 rings (SSSR count). The first-order valence-electron chi connectivity index (χ1n) is 7.19. The first-order chi connectivity index (χ1) is 9.75. The van der Waals surface area contributed by atoms with Crippen molar-refractivity contribution in [3.05, 3.63) is 48.0 Å². The standard InChI is InChI=1S/C17H20N2O/c1-19(15-9-10-18-12-15)17(20)11-14-7-4-6-13-5-2-3-8-16(13)14/h2-8,15,18H,9-12H2,1H3. The smallest absolute Gasteiger partial charge is 0.227 e. The highest BCUT2D eigenvalue weighted by Gasteiger charge is 2.23. The maximum Gasteiger partial charge on any atom is 0.227 e. The van der Waals surface area contributed by atoms with Crippen LogP contribution in [0.2, 0.25) is 0 Å². The summed E-state index contributed by atoms with van der Waals surface area (Å²) in [5, 5.41) is 5.69. The van der Waals surface area contributed by atoms with Crippen LogP contribution in [0, 0.1) is 0 Å². The van der Waals surface area contributed by atoms with Gasteiger partial charge in [0.25, 0.3) is 0 Å². The zero-order valence-electron chi connectivity index (χ0n) is 11.8. The number of amides is 1. The van der Waals surface area contributed by atoms with Crippen LogP contribution < -0.4 is 5.32 Å². The number of hydrogen-bond acceptors (Lipinski definition) is 2. The van der Waals surface area contributed by atoms with E-state index in [1.807, 2.05) is 30.1 Å². The maximum absolute atomic E-state index is 12.4. The number of fused-ring (bicyclic) bond motifs is 1. The molecule has 0 aliphatic carbocycles. The Labute approximate surface area is 119 Å². The molecule has 1 unspecified atom stereocenters. The van der Waals surface area contributed by atoms with E-state index in [4.69, 9.17) is 0 Å². The molecule has 1 atom stereocenters. The molecule has 3 heteroatoms. The van der Waals surface area contributed by atoms with Crippen LogP contribution in [0.3, 0.4) is 0 Å². The van der Waals surface area contributed by atoms with Gasteiger partial charge in [0.2, 0.25) is 5.91 Å². The van der Waals surface area contributed by atoms with Crippen LogP contribution in [0.15, 0.2) is 42.5 Å². The van der Waals surface area contributed by atoms with Gasteiger partial charge in [-0.2, -0.15) is 0 Å². The fourth-order valence-electron chi connectivity index (χ4n) is 2.91. The third-order valence-electron chi connectivity index (χ3n) is 4.20. The number of rotatable bonds is 3. The average Bonchev–Trinajstić information content (AvgIpc) is 3.01. The van der Waals surface area contributed by atoms with E-state index in [1.165, 1.54) is 10.8 Å². The molecule has 20 heavy (non-hydrogen) atoms. The van der Waals surface area contributed by atoms with Crippen molar-refractivity contribution < 1.29 is 4.79 Å². The van der Waals surface area contributed by atoms with Crippen molar-refractivity contribution in [2.75, 3.05) is 20.1 Å². The van der Waals surface area contributed by atoms with Gasteiger partial charge < -0.3 is 10.2 Å². The van der Waals surface area contributed by atoms with E-state index in [2.05, 4.69) is 29.6 Å². The summed E-state index contributed by atoms with van der Waals surface area (Å²) in [7, 11) is 1.92. The molecule has 1 aliphatic rings. The van der Waals surface area contributed by atoms with Crippen LogP contribution in [0.1, 0.15) is 12.0 Å². The molecule has 0 saturated carbocycles. The molecule has 2 aromatic rings. The molecule has 1 amide bonds. The minimum atomic E-state index is 0.204. The topological polar surface area (TPSA) is 32.3 Å². The Bertz CT molecular complexity index is 612. The number of carbonyl (C=O) groups excluding carboxylic acids is 1. The van der Waals surface area contributed by atoms with Crippen LogP contribution in [-0.2, 0) is 11.2 Å². The molecule has 1 N–H and O–H groups in total. The first kappa shape index (κ1) is 13.1. The molecule has 0 aromatic heterocycles. The molecule has 2 aromatic carbocycles.